The molecule has 0 heteroatoms. The van der Waals surface area contributed by atoms with Crippen LogP contribution in [-0.4, -0.2) is 0 Å². The van der Waals surface area contributed by atoms with E-state index in [1.54, 1.807) is 0 Å². The first-order valence-corrected chi connectivity index (χ1v) is 8.82. The molecule has 0 radical (unpaired) electrons. The van der Waals surface area contributed by atoms with Crippen molar-refractivity contribution in [3.63, 3.8) is 0 Å². The van der Waals surface area contributed by atoms with Gasteiger partial charge in [0.25, 0.3) is 0 Å². The van der Waals surface area contributed by atoms with Crippen molar-refractivity contribution in [3.05, 3.63) is 71.8 Å². The van der Waals surface area contributed by atoms with Gasteiger partial charge in [-0.3, -0.25) is 0 Å². The normalized spacial score (nSPS) is 14.6. The Morgan fingerprint density at radius 3 is 1.96 bits per heavy atom. The summed E-state index contributed by atoms with van der Waals surface area (Å²) in [4.78, 5) is 0. The highest BCUT2D eigenvalue weighted by atomic mass is 14.4. The Hall–Kier alpha value is -2.08. The summed E-state index contributed by atoms with van der Waals surface area (Å²) in [5.41, 5.74) is 6.31. The summed E-state index contributed by atoms with van der Waals surface area (Å²) in [6.07, 6.45) is 0. The van der Waals surface area contributed by atoms with E-state index in [0.717, 1.165) is 0 Å². The summed E-state index contributed by atoms with van der Waals surface area (Å²) in [6.45, 7) is 13.4. The van der Waals surface area contributed by atoms with E-state index >= 15 is 0 Å². The van der Waals surface area contributed by atoms with Crippen LogP contribution in [0.5, 0.6) is 0 Å². The molecule has 0 nitrogen and oxygen atoms in total. The van der Waals surface area contributed by atoms with E-state index in [1.807, 2.05) is 0 Å². The van der Waals surface area contributed by atoms with Gasteiger partial charge in [0.1, 0.15) is 0 Å². The van der Waals surface area contributed by atoms with E-state index < -0.39 is 0 Å². The van der Waals surface area contributed by atoms with Crippen molar-refractivity contribution in [1.82, 2.24) is 0 Å². The SMILES string of the molecule is CC(C)(C)C.CC1(C)c2ccccc2-c2ccc3ccccc3c21. The van der Waals surface area contributed by atoms with Crippen molar-refractivity contribution in [2.75, 3.05) is 0 Å². The maximum atomic E-state index is 2.34. The highest BCUT2D eigenvalue weighted by Gasteiger charge is 2.36. The van der Waals surface area contributed by atoms with Crippen molar-refractivity contribution in [2.45, 2.75) is 47.0 Å². The molecule has 0 aliphatic heterocycles. The fraction of sp³-hybridized carbons (Fsp3) is 0.333. The van der Waals surface area contributed by atoms with Crippen LogP contribution in [0.3, 0.4) is 0 Å². The maximum absolute atomic E-state index is 2.34. The molecule has 0 N–H and O–H groups in total. The molecular weight excluding hydrogens is 288 g/mol. The van der Waals surface area contributed by atoms with Crippen LogP contribution in [-0.2, 0) is 5.41 Å². The van der Waals surface area contributed by atoms with Crippen molar-refractivity contribution >= 4 is 10.8 Å². The van der Waals surface area contributed by atoms with Gasteiger partial charge in [0.05, 0.1) is 0 Å². The van der Waals surface area contributed by atoms with E-state index in [0.29, 0.717) is 5.41 Å². The van der Waals surface area contributed by atoms with Crippen LogP contribution in [0.4, 0.5) is 0 Å². The number of benzene rings is 3. The van der Waals surface area contributed by atoms with E-state index in [1.165, 1.54) is 33.0 Å². The van der Waals surface area contributed by atoms with Crippen LogP contribution in [0, 0.1) is 5.41 Å². The topological polar surface area (TPSA) is 0 Å². The molecule has 0 unspecified atom stereocenters. The van der Waals surface area contributed by atoms with Gasteiger partial charge >= 0.3 is 0 Å². The zero-order valence-corrected chi connectivity index (χ0v) is 15.8. The molecule has 0 fully saturated rings. The third kappa shape index (κ3) is 2.98. The fourth-order valence-electron chi connectivity index (χ4n) is 3.57. The Bertz CT molecular complexity index is 870. The van der Waals surface area contributed by atoms with Crippen molar-refractivity contribution in [3.8, 4) is 11.1 Å². The quantitative estimate of drug-likeness (QED) is 0.411. The highest BCUT2D eigenvalue weighted by Crippen LogP contribution is 2.50. The Balaban J connectivity index is 0.000000300. The number of rotatable bonds is 0. The predicted octanol–water partition coefficient (Wildman–Crippen LogP) is 7.20. The number of hydrogen-bond acceptors (Lipinski definition) is 0. The molecule has 0 heterocycles. The molecule has 0 saturated carbocycles. The minimum Gasteiger partial charge on any atom is -0.0619 e. The van der Waals surface area contributed by atoms with Gasteiger partial charge < -0.3 is 0 Å². The van der Waals surface area contributed by atoms with Crippen LogP contribution in [0.25, 0.3) is 21.9 Å². The minimum absolute atomic E-state index is 0.0901. The second kappa shape index (κ2) is 5.77. The fourth-order valence-corrected chi connectivity index (χ4v) is 3.57. The average Bonchev–Trinajstić information content (AvgIpc) is 2.75. The van der Waals surface area contributed by atoms with E-state index in [-0.39, 0.29) is 5.41 Å². The lowest BCUT2D eigenvalue weighted by molar-refractivity contribution is 0.469. The largest absolute Gasteiger partial charge is 0.0619 e. The van der Waals surface area contributed by atoms with Crippen LogP contribution < -0.4 is 0 Å². The second-order valence-electron chi connectivity index (χ2n) is 8.88. The summed E-state index contributed by atoms with van der Waals surface area (Å²) in [7, 11) is 0. The summed E-state index contributed by atoms with van der Waals surface area (Å²) < 4.78 is 0. The lowest BCUT2D eigenvalue weighted by atomic mass is 9.80. The molecular formula is C24H28. The van der Waals surface area contributed by atoms with Gasteiger partial charge in [0.15, 0.2) is 0 Å². The van der Waals surface area contributed by atoms with Gasteiger partial charge in [0.2, 0.25) is 0 Å². The standard InChI is InChI=1S/C19H16.C5H12/c1-19(2)17-10-6-5-9-15(17)16-12-11-13-7-3-4-8-14(13)18(16)19;1-5(2,3)4/h3-12H,1-2H3;1-4H3. The predicted molar refractivity (Wildman–Crippen MR) is 107 cm³/mol. The Labute approximate surface area is 146 Å². The maximum Gasteiger partial charge on any atom is 0.0165 e. The number of hydrogen-bond donors (Lipinski definition) is 0. The first-order chi connectivity index (χ1) is 11.2. The van der Waals surface area contributed by atoms with Gasteiger partial charge in [-0.2, -0.15) is 0 Å². The minimum atomic E-state index is 0.0901. The molecule has 0 amide bonds. The molecule has 3 aromatic rings. The molecule has 24 heavy (non-hydrogen) atoms. The zero-order chi connectivity index (χ0) is 17.5. The monoisotopic (exact) mass is 316 g/mol. The first kappa shape index (κ1) is 16.8. The molecule has 0 atom stereocenters. The van der Waals surface area contributed by atoms with Crippen LogP contribution in [0.15, 0.2) is 60.7 Å². The lowest BCUT2D eigenvalue weighted by Gasteiger charge is -2.23. The van der Waals surface area contributed by atoms with Crippen molar-refractivity contribution in [2.24, 2.45) is 5.41 Å². The Kier molecular flexibility index (Phi) is 4.03. The molecule has 1 aliphatic carbocycles. The van der Waals surface area contributed by atoms with Crippen LogP contribution in [0.2, 0.25) is 0 Å². The van der Waals surface area contributed by atoms with Crippen molar-refractivity contribution < 1.29 is 0 Å². The zero-order valence-electron chi connectivity index (χ0n) is 15.8. The molecule has 3 aromatic carbocycles. The van der Waals surface area contributed by atoms with Crippen LogP contribution >= 0.6 is 0 Å². The van der Waals surface area contributed by atoms with Gasteiger partial charge in [-0.25, -0.2) is 0 Å². The molecule has 0 saturated heterocycles. The molecule has 0 bridgehead atoms. The molecule has 1 aliphatic rings. The molecule has 124 valence electrons. The summed E-state index contributed by atoms with van der Waals surface area (Å²) >= 11 is 0. The van der Waals surface area contributed by atoms with E-state index in [4.69, 9.17) is 0 Å². The second-order valence-corrected chi connectivity index (χ2v) is 8.88. The van der Waals surface area contributed by atoms with E-state index in [2.05, 4.69) is 102 Å². The molecule has 4 rings (SSSR count). The highest BCUT2D eigenvalue weighted by molar-refractivity contribution is 5.97. The van der Waals surface area contributed by atoms with Gasteiger partial charge in [-0.15, -0.1) is 0 Å². The first-order valence-electron chi connectivity index (χ1n) is 8.82. The smallest absolute Gasteiger partial charge is 0.0165 e. The van der Waals surface area contributed by atoms with Crippen LogP contribution in [0.1, 0.15) is 52.7 Å². The third-order valence-corrected chi connectivity index (χ3v) is 4.44. The number of fused-ring (bicyclic) bond motifs is 5. The van der Waals surface area contributed by atoms with Gasteiger partial charge in [-0.1, -0.05) is 102 Å². The van der Waals surface area contributed by atoms with Gasteiger partial charge in [-0.05, 0) is 38.4 Å². The van der Waals surface area contributed by atoms with E-state index in [9.17, 15) is 0 Å². The average molecular weight is 316 g/mol. The Morgan fingerprint density at radius 1 is 0.667 bits per heavy atom. The van der Waals surface area contributed by atoms with Crippen molar-refractivity contribution in [1.29, 1.82) is 0 Å². The molecule has 0 spiro atoms. The third-order valence-electron chi connectivity index (χ3n) is 4.44. The Morgan fingerprint density at radius 2 is 1.25 bits per heavy atom. The molecule has 0 aromatic heterocycles. The summed E-state index contributed by atoms with van der Waals surface area (Å²) in [5.74, 6) is 0. The lowest BCUT2D eigenvalue weighted by Crippen LogP contribution is -2.15. The summed E-state index contributed by atoms with van der Waals surface area (Å²) in [5, 5.41) is 2.73. The van der Waals surface area contributed by atoms with Gasteiger partial charge in [0, 0.05) is 5.41 Å². The summed E-state index contributed by atoms with van der Waals surface area (Å²) in [6, 6.07) is 22.0.